The third-order valence-electron chi connectivity index (χ3n) is 2.51. The first-order valence-electron chi connectivity index (χ1n) is 4.55. The van der Waals surface area contributed by atoms with Crippen molar-refractivity contribution in [2.75, 3.05) is 0 Å². The molecule has 0 saturated carbocycles. The molecule has 0 amide bonds. The van der Waals surface area contributed by atoms with E-state index in [-0.39, 0.29) is 0 Å². The molecule has 1 aliphatic heterocycles. The zero-order valence-electron chi connectivity index (χ0n) is 7.67. The minimum Gasteiger partial charge on any atom is -0.315 e. The van der Waals surface area contributed by atoms with Crippen LogP contribution in [-0.2, 0) is 13.0 Å². The lowest BCUT2D eigenvalue weighted by Gasteiger charge is -2.05. The van der Waals surface area contributed by atoms with Crippen LogP contribution in [-0.4, -0.2) is 9.13 Å². The summed E-state index contributed by atoms with van der Waals surface area (Å²) in [5, 5.41) is 7.86. The number of aryl methyl sites for hydroxylation is 1. The summed E-state index contributed by atoms with van der Waals surface area (Å²) in [4.78, 5) is 0. The first-order valence-corrected chi connectivity index (χ1v) is 4.55. The molecule has 66 valence electrons. The van der Waals surface area contributed by atoms with Crippen molar-refractivity contribution in [3.63, 3.8) is 0 Å². The Bertz CT molecular complexity index is 343. The van der Waals surface area contributed by atoms with Gasteiger partial charge in [0.1, 0.15) is 0 Å². The molecule has 0 atom stereocenters. The number of fused-ring (bicyclic) bond motifs is 1. The Morgan fingerprint density at radius 1 is 1.50 bits per heavy atom. The lowest BCUT2D eigenvalue weighted by atomic mass is 10.3. The second-order valence-corrected chi connectivity index (χ2v) is 3.70. The second-order valence-electron chi connectivity index (χ2n) is 3.70. The summed E-state index contributed by atoms with van der Waals surface area (Å²) in [7, 11) is 0. The fraction of sp³-hybridized carbons (Fsp3) is 0.667. The van der Waals surface area contributed by atoms with Gasteiger partial charge in [-0.25, -0.2) is 0 Å². The third-order valence-corrected chi connectivity index (χ3v) is 2.51. The molecule has 0 bridgehead atoms. The van der Waals surface area contributed by atoms with Gasteiger partial charge in [-0.2, -0.15) is 0 Å². The highest BCUT2D eigenvalue weighted by atomic mass is 15.2. The summed E-state index contributed by atoms with van der Waals surface area (Å²) in [6.07, 6.45) is 4.48. The second kappa shape index (κ2) is 2.51. The summed E-state index contributed by atoms with van der Waals surface area (Å²) >= 11 is 0. The fourth-order valence-electron chi connectivity index (χ4n) is 1.83. The molecule has 0 unspecified atom stereocenters. The van der Waals surface area contributed by atoms with Crippen molar-refractivity contribution < 1.29 is 0 Å². The molecule has 0 saturated heterocycles. The van der Waals surface area contributed by atoms with E-state index >= 15 is 0 Å². The summed E-state index contributed by atoms with van der Waals surface area (Å²) in [5.41, 5.74) is 1.99. The summed E-state index contributed by atoms with van der Waals surface area (Å²) in [5.74, 6) is 0. The maximum atomic E-state index is 7.86. The van der Waals surface area contributed by atoms with Crippen LogP contribution in [0.25, 0.3) is 0 Å². The van der Waals surface area contributed by atoms with Crippen LogP contribution in [0.1, 0.15) is 32.0 Å². The normalized spacial score (nSPS) is 15.6. The highest BCUT2D eigenvalue weighted by Gasteiger charge is 2.14. The van der Waals surface area contributed by atoms with Crippen LogP contribution in [0.3, 0.4) is 0 Å². The lowest BCUT2D eigenvalue weighted by molar-refractivity contribution is 0.534. The first-order chi connectivity index (χ1) is 5.70. The molecule has 1 aromatic heterocycles. The quantitative estimate of drug-likeness (QED) is 0.650. The molecule has 2 rings (SSSR count). The van der Waals surface area contributed by atoms with Crippen molar-refractivity contribution in [1.82, 2.24) is 9.13 Å². The Balaban J connectivity index is 2.55. The summed E-state index contributed by atoms with van der Waals surface area (Å²) in [6, 6.07) is 0.413. The smallest absolute Gasteiger partial charge is 0.202 e. The molecular weight excluding hydrogens is 150 g/mol. The topological polar surface area (TPSA) is 33.7 Å². The average Bonchev–Trinajstić information content (AvgIpc) is 2.53. The van der Waals surface area contributed by atoms with Crippen LogP contribution in [0.2, 0.25) is 0 Å². The first kappa shape index (κ1) is 7.65. The summed E-state index contributed by atoms with van der Waals surface area (Å²) in [6.45, 7) is 5.27. The van der Waals surface area contributed by atoms with Gasteiger partial charge in [0.05, 0.1) is 0 Å². The predicted molar refractivity (Wildman–Crippen MR) is 47.0 cm³/mol. The number of aromatic nitrogens is 2. The van der Waals surface area contributed by atoms with Crippen molar-refractivity contribution in [2.45, 2.75) is 39.3 Å². The van der Waals surface area contributed by atoms with Crippen LogP contribution in [0.15, 0.2) is 6.20 Å². The SMILES string of the molecule is CC(C)n1cc2n(c1=N)CCC2. The lowest BCUT2D eigenvalue weighted by Crippen LogP contribution is -2.24. The number of imidazole rings is 1. The van der Waals surface area contributed by atoms with Gasteiger partial charge in [-0.15, -0.1) is 0 Å². The average molecular weight is 165 g/mol. The van der Waals surface area contributed by atoms with Gasteiger partial charge in [0.15, 0.2) is 0 Å². The van der Waals surface area contributed by atoms with E-state index in [1.165, 1.54) is 12.1 Å². The van der Waals surface area contributed by atoms with Gasteiger partial charge in [-0.1, -0.05) is 0 Å². The fourth-order valence-corrected chi connectivity index (χ4v) is 1.83. The van der Waals surface area contributed by atoms with Gasteiger partial charge in [0.2, 0.25) is 5.62 Å². The molecular formula is C9H15N3. The van der Waals surface area contributed by atoms with E-state index in [9.17, 15) is 0 Å². The van der Waals surface area contributed by atoms with Crippen LogP contribution in [0, 0.1) is 5.41 Å². The van der Waals surface area contributed by atoms with Crippen LogP contribution < -0.4 is 5.62 Å². The number of nitrogens with zero attached hydrogens (tertiary/aromatic N) is 2. The van der Waals surface area contributed by atoms with E-state index < -0.39 is 0 Å². The molecule has 0 spiro atoms. The van der Waals surface area contributed by atoms with E-state index in [0.717, 1.165) is 13.0 Å². The molecule has 0 aromatic carbocycles. The highest BCUT2D eigenvalue weighted by Crippen LogP contribution is 2.13. The molecule has 1 aliphatic rings. The van der Waals surface area contributed by atoms with Crippen LogP contribution in [0.5, 0.6) is 0 Å². The minimum atomic E-state index is 0.413. The van der Waals surface area contributed by atoms with Crippen molar-refractivity contribution in [2.24, 2.45) is 0 Å². The van der Waals surface area contributed by atoms with E-state index in [0.29, 0.717) is 11.7 Å². The van der Waals surface area contributed by atoms with Crippen molar-refractivity contribution >= 4 is 0 Å². The highest BCUT2D eigenvalue weighted by molar-refractivity contribution is 5.04. The molecule has 0 fully saturated rings. The number of hydrogen-bond donors (Lipinski definition) is 1. The standard InChI is InChI=1S/C9H15N3/c1-7(2)12-6-8-4-3-5-11(8)9(12)10/h6-7,10H,3-5H2,1-2H3. The third kappa shape index (κ3) is 0.924. The van der Waals surface area contributed by atoms with Crippen molar-refractivity contribution in [3.8, 4) is 0 Å². The molecule has 1 N–H and O–H groups in total. The van der Waals surface area contributed by atoms with Crippen molar-refractivity contribution in [1.29, 1.82) is 5.41 Å². The van der Waals surface area contributed by atoms with E-state index in [1.54, 1.807) is 0 Å². The van der Waals surface area contributed by atoms with Gasteiger partial charge in [-0.3, -0.25) is 5.41 Å². The minimum absolute atomic E-state index is 0.413. The predicted octanol–water partition coefficient (Wildman–Crippen LogP) is 1.30. The van der Waals surface area contributed by atoms with Gasteiger partial charge in [0, 0.05) is 24.5 Å². The molecule has 2 heterocycles. The van der Waals surface area contributed by atoms with E-state index in [1.807, 2.05) is 4.57 Å². The Kier molecular flexibility index (Phi) is 1.60. The number of rotatable bonds is 1. The largest absolute Gasteiger partial charge is 0.315 e. The maximum absolute atomic E-state index is 7.86. The Hall–Kier alpha value is -0.990. The van der Waals surface area contributed by atoms with E-state index in [4.69, 9.17) is 5.41 Å². The van der Waals surface area contributed by atoms with Gasteiger partial charge in [0.25, 0.3) is 0 Å². The maximum Gasteiger partial charge on any atom is 0.202 e. The zero-order chi connectivity index (χ0) is 8.72. The molecule has 12 heavy (non-hydrogen) atoms. The Morgan fingerprint density at radius 2 is 2.25 bits per heavy atom. The number of hydrogen-bond acceptors (Lipinski definition) is 1. The Morgan fingerprint density at radius 3 is 2.83 bits per heavy atom. The monoisotopic (exact) mass is 165 g/mol. The van der Waals surface area contributed by atoms with E-state index in [2.05, 4.69) is 24.6 Å². The van der Waals surface area contributed by atoms with Gasteiger partial charge < -0.3 is 9.13 Å². The van der Waals surface area contributed by atoms with Crippen LogP contribution in [0.4, 0.5) is 0 Å². The van der Waals surface area contributed by atoms with Crippen LogP contribution >= 0.6 is 0 Å². The number of nitrogens with one attached hydrogen (secondary N) is 1. The summed E-state index contributed by atoms with van der Waals surface area (Å²) < 4.78 is 4.15. The molecule has 3 heteroatoms. The van der Waals surface area contributed by atoms with Crippen molar-refractivity contribution in [3.05, 3.63) is 17.5 Å². The Labute approximate surface area is 72.1 Å². The zero-order valence-corrected chi connectivity index (χ0v) is 7.67. The van der Waals surface area contributed by atoms with Gasteiger partial charge >= 0.3 is 0 Å². The molecule has 1 aromatic rings. The molecule has 0 aliphatic carbocycles. The molecule has 0 radical (unpaired) electrons. The molecule has 3 nitrogen and oxygen atoms in total. The van der Waals surface area contributed by atoms with Gasteiger partial charge in [-0.05, 0) is 26.7 Å².